The maximum absolute atomic E-state index is 11.5. The summed E-state index contributed by atoms with van der Waals surface area (Å²) in [7, 11) is -2.96. The van der Waals surface area contributed by atoms with Crippen LogP contribution in [-0.2, 0) is 14.6 Å². The number of rotatable bonds is 5. The zero-order chi connectivity index (χ0) is 12.2. The summed E-state index contributed by atoms with van der Waals surface area (Å²) >= 11 is 0. The van der Waals surface area contributed by atoms with Gasteiger partial charge in [-0.05, 0) is 39.5 Å². The van der Waals surface area contributed by atoms with Gasteiger partial charge < -0.3 is 10.5 Å². The van der Waals surface area contributed by atoms with E-state index in [-0.39, 0.29) is 17.1 Å². The lowest BCUT2D eigenvalue weighted by Crippen LogP contribution is -2.31. The fourth-order valence-electron chi connectivity index (χ4n) is 1.82. The van der Waals surface area contributed by atoms with E-state index in [1.54, 1.807) is 13.8 Å². The number of hydrogen-bond acceptors (Lipinski definition) is 4. The van der Waals surface area contributed by atoms with Crippen molar-refractivity contribution in [3.8, 4) is 0 Å². The Bertz CT molecular complexity index is 292. The van der Waals surface area contributed by atoms with Gasteiger partial charge in [-0.25, -0.2) is 8.42 Å². The minimum atomic E-state index is -2.96. The molecule has 0 spiro atoms. The van der Waals surface area contributed by atoms with Gasteiger partial charge in [-0.2, -0.15) is 0 Å². The van der Waals surface area contributed by atoms with Crippen LogP contribution in [0.1, 0.15) is 39.5 Å². The lowest BCUT2D eigenvalue weighted by atomic mass is 9.94. The van der Waals surface area contributed by atoms with Crippen LogP contribution in [0.4, 0.5) is 0 Å². The first-order valence-corrected chi connectivity index (χ1v) is 7.72. The Balaban J connectivity index is 2.21. The molecule has 0 aromatic rings. The average Bonchev–Trinajstić information content (AvgIpc) is 2.20. The maximum Gasteiger partial charge on any atom is 0.154 e. The summed E-state index contributed by atoms with van der Waals surface area (Å²) in [6.07, 6.45) is 4.11. The standard InChI is InChI=1S/C11H23NO3S/c1-9(2)16(13,14)8-7-15-11-5-3-10(12)4-6-11/h9-11H,3-8,12H2,1-2H3. The first-order chi connectivity index (χ1) is 7.42. The predicted octanol–water partition coefficient (Wildman–Crippen LogP) is 1.10. The van der Waals surface area contributed by atoms with Crippen LogP contribution in [0.15, 0.2) is 0 Å². The molecule has 1 aliphatic carbocycles. The van der Waals surface area contributed by atoms with Crippen molar-refractivity contribution in [1.29, 1.82) is 0 Å². The van der Waals surface area contributed by atoms with E-state index in [0.29, 0.717) is 12.6 Å². The summed E-state index contributed by atoms with van der Waals surface area (Å²) in [6, 6.07) is 0.305. The third-order valence-corrected chi connectivity index (χ3v) is 5.33. The van der Waals surface area contributed by atoms with Crippen molar-refractivity contribution in [2.24, 2.45) is 5.73 Å². The zero-order valence-electron chi connectivity index (χ0n) is 10.2. The molecule has 1 saturated carbocycles. The Kier molecular flexibility index (Phi) is 5.21. The van der Waals surface area contributed by atoms with Crippen molar-refractivity contribution in [3.05, 3.63) is 0 Å². The highest BCUT2D eigenvalue weighted by Gasteiger charge is 2.20. The predicted molar refractivity (Wildman–Crippen MR) is 65.1 cm³/mol. The molecule has 0 aliphatic heterocycles. The summed E-state index contributed by atoms with van der Waals surface area (Å²) in [5.41, 5.74) is 5.78. The molecule has 4 nitrogen and oxygen atoms in total. The van der Waals surface area contributed by atoms with Crippen LogP contribution in [0.25, 0.3) is 0 Å². The Hall–Kier alpha value is -0.130. The van der Waals surface area contributed by atoms with E-state index in [2.05, 4.69) is 0 Å². The molecule has 0 bridgehead atoms. The van der Waals surface area contributed by atoms with Crippen LogP contribution >= 0.6 is 0 Å². The van der Waals surface area contributed by atoms with Gasteiger partial charge in [0.1, 0.15) is 0 Å². The first kappa shape index (κ1) is 13.9. The van der Waals surface area contributed by atoms with Gasteiger partial charge in [0.2, 0.25) is 0 Å². The van der Waals surface area contributed by atoms with Crippen molar-refractivity contribution >= 4 is 9.84 Å². The molecule has 0 aromatic carbocycles. The molecule has 0 aromatic heterocycles. The molecule has 16 heavy (non-hydrogen) atoms. The molecular formula is C11H23NO3S. The van der Waals surface area contributed by atoms with Crippen molar-refractivity contribution in [2.75, 3.05) is 12.4 Å². The number of ether oxygens (including phenoxy) is 1. The quantitative estimate of drug-likeness (QED) is 0.792. The fraction of sp³-hybridized carbons (Fsp3) is 1.00. The Morgan fingerprint density at radius 3 is 2.31 bits per heavy atom. The summed E-state index contributed by atoms with van der Waals surface area (Å²) in [6.45, 7) is 3.73. The third kappa shape index (κ3) is 4.39. The molecule has 0 radical (unpaired) electrons. The molecule has 0 atom stereocenters. The van der Waals surface area contributed by atoms with Gasteiger partial charge in [0.05, 0.1) is 23.7 Å². The molecule has 2 N–H and O–H groups in total. The molecule has 1 rings (SSSR count). The van der Waals surface area contributed by atoms with Crippen LogP contribution in [0.3, 0.4) is 0 Å². The largest absolute Gasteiger partial charge is 0.377 e. The van der Waals surface area contributed by atoms with Gasteiger partial charge >= 0.3 is 0 Å². The molecule has 5 heteroatoms. The smallest absolute Gasteiger partial charge is 0.154 e. The van der Waals surface area contributed by atoms with E-state index < -0.39 is 9.84 Å². The van der Waals surface area contributed by atoms with Crippen molar-refractivity contribution in [1.82, 2.24) is 0 Å². The van der Waals surface area contributed by atoms with E-state index in [1.807, 2.05) is 0 Å². The van der Waals surface area contributed by atoms with Crippen LogP contribution < -0.4 is 5.73 Å². The molecule has 1 aliphatic rings. The second-order valence-electron chi connectivity index (χ2n) is 4.82. The van der Waals surface area contributed by atoms with E-state index in [1.165, 1.54) is 0 Å². The molecule has 0 heterocycles. The van der Waals surface area contributed by atoms with E-state index in [0.717, 1.165) is 25.7 Å². The molecule has 0 saturated heterocycles. The molecule has 0 amide bonds. The van der Waals surface area contributed by atoms with Gasteiger partial charge in [-0.1, -0.05) is 0 Å². The van der Waals surface area contributed by atoms with Crippen molar-refractivity contribution < 1.29 is 13.2 Å². The number of nitrogens with two attached hydrogens (primary N) is 1. The van der Waals surface area contributed by atoms with Crippen molar-refractivity contribution in [2.45, 2.75) is 56.9 Å². The number of sulfone groups is 1. The van der Waals surface area contributed by atoms with Crippen LogP contribution in [0.5, 0.6) is 0 Å². The van der Waals surface area contributed by atoms with Crippen LogP contribution in [0.2, 0.25) is 0 Å². The summed E-state index contributed by atoms with van der Waals surface area (Å²) in [5, 5.41) is -0.309. The summed E-state index contributed by atoms with van der Waals surface area (Å²) in [4.78, 5) is 0. The first-order valence-electron chi connectivity index (χ1n) is 6.00. The van der Waals surface area contributed by atoms with Crippen LogP contribution in [0, 0.1) is 0 Å². The minimum absolute atomic E-state index is 0.132. The Morgan fingerprint density at radius 2 is 1.81 bits per heavy atom. The van der Waals surface area contributed by atoms with Gasteiger partial charge in [0.15, 0.2) is 9.84 Å². The summed E-state index contributed by atoms with van der Waals surface area (Å²) < 4.78 is 28.6. The highest BCUT2D eigenvalue weighted by atomic mass is 32.2. The highest BCUT2D eigenvalue weighted by Crippen LogP contribution is 2.19. The Morgan fingerprint density at radius 1 is 1.25 bits per heavy atom. The lowest BCUT2D eigenvalue weighted by Gasteiger charge is -2.26. The van der Waals surface area contributed by atoms with Gasteiger partial charge in [0, 0.05) is 6.04 Å². The van der Waals surface area contributed by atoms with Gasteiger partial charge in [-0.3, -0.25) is 0 Å². The third-order valence-electron chi connectivity index (χ3n) is 3.16. The SMILES string of the molecule is CC(C)S(=O)(=O)CCOC1CCC(N)CC1. The minimum Gasteiger partial charge on any atom is -0.377 e. The monoisotopic (exact) mass is 249 g/mol. The average molecular weight is 249 g/mol. The van der Waals surface area contributed by atoms with Crippen molar-refractivity contribution in [3.63, 3.8) is 0 Å². The molecule has 0 unspecified atom stereocenters. The molecular weight excluding hydrogens is 226 g/mol. The van der Waals surface area contributed by atoms with E-state index in [9.17, 15) is 8.42 Å². The second kappa shape index (κ2) is 5.98. The van der Waals surface area contributed by atoms with Gasteiger partial charge in [0.25, 0.3) is 0 Å². The second-order valence-corrected chi connectivity index (χ2v) is 7.50. The molecule has 96 valence electrons. The fourth-order valence-corrected chi connectivity index (χ4v) is 2.62. The van der Waals surface area contributed by atoms with Gasteiger partial charge in [-0.15, -0.1) is 0 Å². The van der Waals surface area contributed by atoms with Crippen LogP contribution in [-0.4, -0.2) is 38.2 Å². The topological polar surface area (TPSA) is 69.4 Å². The summed E-state index contributed by atoms with van der Waals surface area (Å²) in [5.74, 6) is 0.132. The zero-order valence-corrected chi connectivity index (χ0v) is 11.0. The normalized spacial score (nSPS) is 27.2. The number of hydrogen-bond donors (Lipinski definition) is 1. The van der Waals surface area contributed by atoms with E-state index in [4.69, 9.17) is 10.5 Å². The molecule has 1 fully saturated rings. The lowest BCUT2D eigenvalue weighted by molar-refractivity contribution is 0.0343. The van der Waals surface area contributed by atoms with E-state index >= 15 is 0 Å². The maximum atomic E-state index is 11.5. The highest BCUT2D eigenvalue weighted by molar-refractivity contribution is 7.91. The Labute approximate surface area is 98.5 Å².